The monoisotopic (exact) mass is 256 g/mol. The maximum absolute atomic E-state index is 9.83. The van der Waals surface area contributed by atoms with Gasteiger partial charge in [-0.25, -0.2) is 0 Å². The molecule has 0 unspecified atom stereocenters. The number of rotatable bonds is 4. The van der Waals surface area contributed by atoms with Crippen LogP contribution in [0.3, 0.4) is 0 Å². The van der Waals surface area contributed by atoms with Gasteiger partial charge in [0.25, 0.3) is 0 Å². The molecule has 0 radical (unpaired) electrons. The van der Waals surface area contributed by atoms with Crippen LogP contribution in [-0.2, 0) is 9.47 Å². The van der Waals surface area contributed by atoms with Crippen LogP contribution in [0.4, 0.5) is 0 Å². The number of hydrogen-bond acceptors (Lipinski definition) is 4. The zero-order valence-corrected chi connectivity index (χ0v) is 11.3. The second-order valence-electron chi connectivity index (χ2n) is 5.90. The quantitative estimate of drug-likeness (QED) is 0.747. The maximum atomic E-state index is 9.83. The molecule has 2 saturated heterocycles. The summed E-state index contributed by atoms with van der Waals surface area (Å²) in [5.74, 6) is 0. The van der Waals surface area contributed by atoms with Gasteiger partial charge in [0, 0.05) is 0 Å². The first-order valence-corrected chi connectivity index (χ1v) is 6.70. The van der Waals surface area contributed by atoms with Crippen molar-refractivity contribution < 1.29 is 19.7 Å². The Labute approximate surface area is 109 Å². The number of hydrogen-bond donors (Lipinski definition) is 2. The minimum Gasteiger partial charge on any atom is -0.394 e. The molecule has 4 heteroatoms. The fraction of sp³-hybridized carbons (Fsp3) is 0.857. The molecule has 0 bridgehead atoms. The highest BCUT2D eigenvalue weighted by Gasteiger charge is 2.51. The molecule has 2 N–H and O–H groups in total. The highest BCUT2D eigenvalue weighted by molar-refractivity contribution is 5.02. The Morgan fingerprint density at radius 2 is 2.06 bits per heavy atom. The van der Waals surface area contributed by atoms with E-state index in [1.54, 1.807) is 0 Å². The van der Waals surface area contributed by atoms with E-state index in [0.29, 0.717) is 0 Å². The highest BCUT2D eigenvalue weighted by Crippen LogP contribution is 2.44. The Balaban J connectivity index is 2.03. The summed E-state index contributed by atoms with van der Waals surface area (Å²) in [4.78, 5) is 0. The van der Waals surface area contributed by atoms with Crippen molar-refractivity contribution in [2.45, 2.75) is 69.0 Å². The first-order valence-electron chi connectivity index (χ1n) is 6.70. The molecular formula is C14H24O4. The molecule has 2 fully saturated rings. The Morgan fingerprint density at radius 3 is 2.61 bits per heavy atom. The molecule has 2 aliphatic rings. The topological polar surface area (TPSA) is 58.9 Å². The molecular weight excluding hydrogens is 232 g/mol. The summed E-state index contributed by atoms with van der Waals surface area (Å²) in [5, 5.41) is 18.9. The molecule has 0 aliphatic carbocycles. The van der Waals surface area contributed by atoms with E-state index >= 15 is 0 Å². The zero-order chi connectivity index (χ0) is 13.4. The average Bonchev–Trinajstić information content (AvgIpc) is 2.94. The smallest absolute Gasteiger partial charge is 0.106 e. The summed E-state index contributed by atoms with van der Waals surface area (Å²) in [7, 11) is 0. The Hall–Kier alpha value is -0.420. The standard InChI is InChI=1S/C14H24O4/c1-4-10-5-7-14(3,17-10)12-6-8-13(2,18-12)11(16)9-15/h4,10-12,15-16H,1,5-9H2,2-3H3/t10-,11-,12-,13+,14+/m1/s1. The van der Waals surface area contributed by atoms with Crippen LogP contribution in [0.1, 0.15) is 39.5 Å². The van der Waals surface area contributed by atoms with E-state index < -0.39 is 11.7 Å². The summed E-state index contributed by atoms with van der Waals surface area (Å²) < 4.78 is 12.0. The van der Waals surface area contributed by atoms with Crippen molar-refractivity contribution in [2.24, 2.45) is 0 Å². The fourth-order valence-electron chi connectivity index (χ4n) is 3.02. The average molecular weight is 256 g/mol. The largest absolute Gasteiger partial charge is 0.394 e. The van der Waals surface area contributed by atoms with E-state index in [2.05, 4.69) is 13.5 Å². The lowest BCUT2D eigenvalue weighted by Crippen LogP contribution is -2.46. The lowest BCUT2D eigenvalue weighted by atomic mass is 9.91. The summed E-state index contributed by atoms with van der Waals surface area (Å²) in [5.41, 5.74) is -0.955. The van der Waals surface area contributed by atoms with E-state index in [-0.39, 0.29) is 24.4 Å². The first kappa shape index (κ1) is 14.0. The van der Waals surface area contributed by atoms with Crippen molar-refractivity contribution in [3.05, 3.63) is 12.7 Å². The van der Waals surface area contributed by atoms with Crippen LogP contribution in [0.5, 0.6) is 0 Å². The van der Waals surface area contributed by atoms with Gasteiger partial charge in [-0.3, -0.25) is 0 Å². The van der Waals surface area contributed by atoms with Crippen LogP contribution in [0.2, 0.25) is 0 Å². The predicted octanol–water partition coefficient (Wildman–Crippen LogP) is 1.40. The van der Waals surface area contributed by atoms with Gasteiger partial charge in [0.1, 0.15) is 6.10 Å². The number of aliphatic hydroxyl groups excluding tert-OH is 2. The van der Waals surface area contributed by atoms with Gasteiger partial charge in [-0.1, -0.05) is 6.08 Å². The second-order valence-corrected chi connectivity index (χ2v) is 5.90. The molecule has 0 aromatic carbocycles. The minimum atomic E-state index is -0.831. The van der Waals surface area contributed by atoms with Gasteiger partial charge < -0.3 is 19.7 Å². The van der Waals surface area contributed by atoms with Gasteiger partial charge in [-0.05, 0) is 39.5 Å². The zero-order valence-electron chi connectivity index (χ0n) is 11.3. The molecule has 0 saturated carbocycles. The van der Waals surface area contributed by atoms with E-state index in [9.17, 15) is 5.11 Å². The lowest BCUT2D eigenvalue weighted by Gasteiger charge is -2.35. The first-order chi connectivity index (χ1) is 8.43. The molecule has 5 atom stereocenters. The van der Waals surface area contributed by atoms with Gasteiger partial charge in [-0.15, -0.1) is 6.58 Å². The van der Waals surface area contributed by atoms with Gasteiger partial charge in [0.2, 0.25) is 0 Å². The van der Waals surface area contributed by atoms with E-state index in [1.165, 1.54) is 0 Å². The van der Waals surface area contributed by atoms with Gasteiger partial charge in [0.15, 0.2) is 0 Å². The van der Waals surface area contributed by atoms with Crippen molar-refractivity contribution in [1.29, 1.82) is 0 Å². The lowest BCUT2D eigenvalue weighted by molar-refractivity contribution is -0.173. The maximum Gasteiger partial charge on any atom is 0.106 e. The van der Waals surface area contributed by atoms with Crippen molar-refractivity contribution in [2.75, 3.05) is 6.61 Å². The molecule has 0 aromatic heterocycles. The number of aliphatic hydroxyl groups is 2. The molecule has 0 amide bonds. The molecule has 0 spiro atoms. The molecule has 2 rings (SSSR count). The Bertz CT molecular complexity index is 319. The van der Waals surface area contributed by atoms with Crippen LogP contribution in [0.25, 0.3) is 0 Å². The summed E-state index contributed by atoms with van der Waals surface area (Å²) >= 11 is 0. The molecule has 0 aromatic rings. The van der Waals surface area contributed by atoms with Gasteiger partial charge >= 0.3 is 0 Å². The minimum absolute atomic E-state index is 0.0198. The van der Waals surface area contributed by atoms with Crippen LogP contribution in [0.15, 0.2) is 12.7 Å². The SMILES string of the molecule is C=C[C@@H]1CC[C@@](C)([C@H]2CC[C@@](C)([C@H](O)CO)O2)O1. The summed E-state index contributed by atoms with van der Waals surface area (Å²) in [6, 6.07) is 0. The van der Waals surface area contributed by atoms with E-state index in [0.717, 1.165) is 25.7 Å². The van der Waals surface area contributed by atoms with Crippen LogP contribution in [-0.4, -0.2) is 46.3 Å². The summed E-state index contributed by atoms with van der Waals surface area (Å²) in [6.07, 6.45) is 4.61. The number of ether oxygens (including phenoxy) is 2. The molecule has 4 nitrogen and oxygen atoms in total. The predicted molar refractivity (Wildman–Crippen MR) is 68.3 cm³/mol. The van der Waals surface area contributed by atoms with Crippen LogP contribution < -0.4 is 0 Å². The second kappa shape index (κ2) is 4.93. The van der Waals surface area contributed by atoms with Crippen molar-refractivity contribution in [3.63, 3.8) is 0 Å². The Morgan fingerprint density at radius 1 is 1.33 bits per heavy atom. The van der Waals surface area contributed by atoms with Crippen molar-refractivity contribution >= 4 is 0 Å². The van der Waals surface area contributed by atoms with Crippen molar-refractivity contribution in [1.82, 2.24) is 0 Å². The third-order valence-corrected chi connectivity index (χ3v) is 4.48. The fourth-order valence-corrected chi connectivity index (χ4v) is 3.02. The van der Waals surface area contributed by atoms with Gasteiger partial charge in [-0.2, -0.15) is 0 Å². The van der Waals surface area contributed by atoms with Crippen molar-refractivity contribution in [3.8, 4) is 0 Å². The third-order valence-electron chi connectivity index (χ3n) is 4.48. The van der Waals surface area contributed by atoms with Crippen LogP contribution >= 0.6 is 0 Å². The summed E-state index contributed by atoms with van der Waals surface area (Å²) in [6.45, 7) is 7.42. The van der Waals surface area contributed by atoms with E-state index in [4.69, 9.17) is 14.6 Å². The Kier molecular flexibility index (Phi) is 3.83. The molecule has 2 aliphatic heterocycles. The third kappa shape index (κ3) is 2.35. The highest BCUT2D eigenvalue weighted by atomic mass is 16.6. The van der Waals surface area contributed by atoms with Gasteiger partial charge in [0.05, 0.1) is 30.0 Å². The molecule has 104 valence electrons. The normalized spacial score (nSPS) is 46.2. The molecule has 2 heterocycles. The van der Waals surface area contributed by atoms with Crippen LogP contribution in [0, 0.1) is 0 Å². The van der Waals surface area contributed by atoms with E-state index in [1.807, 2.05) is 13.0 Å². The molecule has 18 heavy (non-hydrogen) atoms.